The Morgan fingerprint density at radius 2 is 2.00 bits per heavy atom. The zero-order valence-electron chi connectivity index (χ0n) is 12.2. The number of hydrogen-bond acceptors (Lipinski definition) is 3. The zero-order chi connectivity index (χ0) is 14.8. The Kier molecular flexibility index (Phi) is 4.45. The van der Waals surface area contributed by atoms with Gasteiger partial charge in [0.1, 0.15) is 0 Å². The van der Waals surface area contributed by atoms with Crippen molar-refractivity contribution < 1.29 is 15.0 Å². The van der Waals surface area contributed by atoms with E-state index in [9.17, 15) is 9.90 Å². The predicted molar refractivity (Wildman–Crippen MR) is 77.3 cm³/mol. The van der Waals surface area contributed by atoms with Crippen LogP contribution >= 0.6 is 0 Å². The monoisotopic (exact) mass is 277 g/mol. The molecule has 1 aromatic carbocycles. The minimum Gasteiger partial charge on any atom is -0.481 e. The molecule has 0 bridgehead atoms. The Labute approximate surface area is 120 Å². The fourth-order valence-electron chi connectivity index (χ4n) is 2.96. The van der Waals surface area contributed by atoms with Gasteiger partial charge in [-0.25, -0.2) is 0 Å². The van der Waals surface area contributed by atoms with E-state index in [1.165, 1.54) is 5.56 Å². The van der Waals surface area contributed by atoms with E-state index in [2.05, 4.69) is 11.0 Å². The summed E-state index contributed by atoms with van der Waals surface area (Å²) < 4.78 is 0. The SMILES string of the molecule is CN(C)Cc1cccc(C2(O)CCC(C(=O)O)CC2)c1. The van der Waals surface area contributed by atoms with Gasteiger partial charge in [0.2, 0.25) is 0 Å². The molecule has 0 radical (unpaired) electrons. The third-order valence-electron chi connectivity index (χ3n) is 4.13. The summed E-state index contributed by atoms with van der Waals surface area (Å²) >= 11 is 0. The normalized spacial score (nSPS) is 26.7. The molecule has 1 aliphatic rings. The quantitative estimate of drug-likeness (QED) is 0.886. The minimum atomic E-state index is -0.867. The molecule has 0 unspecified atom stereocenters. The lowest BCUT2D eigenvalue weighted by atomic mass is 9.75. The average molecular weight is 277 g/mol. The van der Waals surface area contributed by atoms with Gasteiger partial charge >= 0.3 is 5.97 Å². The van der Waals surface area contributed by atoms with E-state index in [0.717, 1.165) is 12.1 Å². The van der Waals surface area contributed by atoms with Crippen LogP contribution in [-0.4, -0.2) is 35.2 Å². The van der Waals surface area contributed by atoms with Crippen LogP contribution in [0.2, 0.25) is 0 Å². The van der Waals surface area contributed by atoms with Crippen molar-refractivity contribution in [2.75, 3.05) is 14.1 Å². The lowest BCUT2D eigenvalue weighted by molar-refractivity contribution is -0.145. The largest absolute Gasteiger partial charge is 0.481 e. The summed E-state index contributed by atoms with van der Waals surface area (Å²) in [6.07, 6.45) is 2.14. The molecule has 0 amide bonds. The lowest BCUT2D eigenvalue weighted by Crippen LogP contribution is -2.34. The molecule has 110 valence electrons. The Balaban J connectivity index is 2.13. The molecule has 20 heavy (non-hydrogen) atoms. The van der Waals surface area contributed by atoms with Crippen LogP contribution in [0, 0.1) is 5.92 Å². The summed E-state index contributed by atoms with van der Waals surface area (Å²) in [5.41, 5.74) is 1.22. The van der Waals surface area contributed by atoms with E-state index >= 15 is 0 Å². The number of carboxylic acid groups (broad SMARTS) is 1. The first kappa shape index (κ1) is 15.0. The molecule has 0 heterocycles. The molecule has 0 aliphatic heterocycles. The van der Waals surface area contributed by atoms with E-state index in [1.54, 1.807) is 0 Å². The van der Waals surface area contributed by atoms with Gasteiger partial charge in [-0.05, 0) is 50.9 Å². The highest BCUT2D eigenvalue weighted by molar-refractivity contribution is 5.70. The van der Waals surface area contributed by atoms with Crippen molar-refractivity contribution in [3.8, 4) is 0 Å². The van der Waals surface area contributed by atoms with Gasteiger partial charge in [-0.1, -0.05) is 24.3 Å². The number of aliphatic carboxylic acids is 1. The number of rotatable bonds is 4. The van der Waals surface area contributed by atoms with E-state index in [4.69, 9.17) is 5.11 Å². The van der Waals surface area contributed by atoms with Crippen LogP contribution in [0.1, 0.15) is 36.8 Å². The summed E-state index contributed by atoms with van der Waals surface area (Å²) in [6, 6.07) is 8.01. The molecule has 0 saturated heterocycles. The van der Waals surface area contributed by atoms with Crippen LogP contribution in [-0.2, 0) is 16.9 Å². The Bertz CT molecular complexity index is 476. The Hall–Kier alpha value is -1.39. The van der Waals surface area contributed by atoms with Gasteiger partial charge in [0, 0.05) is 6.54 Å². The van der Waals surface area contributed by atoms with Crippen LogP contribution < -0.4 is 0 Å². The summed E-state index contributed by atoms with van der Waals surface area (Å²) in [7, 11) is 4.03. The summed E-state index contributed by atoms with van der Waals surface area (Å²) in [5.74, 6) is -1.05. The molecule has 0 atom stereocenters. The molecule has 2 rings (SSSR count). The van der Waals surface area contributed by atoms with Crippen LogP contribution in [0.4, 0.5) is 0 Å². The molecule has 2 N–H and O–H groups in total. The number of carboxylic acids is 1. The highest BCUT2D eigenvalue weighted by Crippen LogP contribution is 2.39. The first-order chi connectivity index (χ1) is 9.40. The second kappa shape index (κ2) is 5.94. The third kappa shape index (κ3) is 3.38. The summed E-state index contributed by atoms with van der Waals surface area (Å²) in [5, 5.41) is 19.8. The zero-order valence-corrected chi connectivity index (χ0v) is 12.2. The van der Waals surface area contributed by atoms with E-state index in [1.807, 2.05) is 32.3 Å². The highest BCUT2D eigenvalue weighted by atomic mass is 16.4. The molecular weight excluding hydrogens is 254 g/mol. The summed E-state index contributed by atoms with van der Waals surface area (Å²) in [4.78, 5) is 13.1. The smallest absolute Gasteiger partial charge is 0.306 e. The van der Waals surface area contributed by atoms with E-state index in [0.29, 0.717) is 25.7 Å². The molecule has 4 heteroatoms. The van der Waals surface area contributed by atoms with Crippen molar-refractivity contribution in [2.24, 2.45) is 5.92 Å². The predicted octanol–water partition coefficient (Wildman–Crippen LogP) is 2.21. The van der Waals surface area contributed by atoms with Crippen molar-refractivity contribution >= 4 is 5.97 Å². The number of nitrogens with zero attached hydrogens (tertiary/aromatic N) is 1. The van der Waals surface area contributed by atoms with Crippen LogP contribution in [0.5, 0.6) is 0 Å². The topological polar surface area (TPSA) is 60.8 Å². The van der Waals surface area contributed by atoms with Crippen LogP contribution in [0.15, 0.2) is 24.3 Å². The minimum absolute atomic E-state index is 0.305. The van der Waals surface area contributed by atoms with Crippen molar-refractivity contribution in [1.29, 1.82) is 0 Å². The van der Waals surface area contributed by atoms with Crippen LogP contribution in [0.3, 0.4) is 0 Å². The van der Waals surface area contributed by atoms with Gasteiger partial charge in [0.25, 0.3) is 0 Å². The van der Waals surface area contributed by atoms with Gasteiger partial charge in [-0.2, -0.15) is 0 Å². The highest BCUT2D eigenvalue weighted by Gasteiger charge is 2.37. The van der Waals surface area contributed by atoms with Gasteiger partial charge in [-0.15, -0.1) is 0 Å². The number of benzene rings is 1. The van der Waals surface area contributed by atoms with Crippen molar-refractivity contribution in [1.82, 2.24) is 4.90 Å². The molecular formula is C16H23NO3. The third-order valence-corrected chi connectivity index (χ3v) is 4.13. The maximum Gasteiger partial charge on any atom is 0.306 e. The summed E-state index contributed by atoms with van der Waals surface area (Å²) in [6.45, 7) is 0.835. The molecule has 4 nitrogen and oxygen atoms in total. The van der Waals surface area contributed by atoms with E-state index in [-0.39, 0.29) is 5.92 Å². The van der Waals surface area contributed by atoms with Crippen molar-refractivity contribution in [3.63, 3.8) is 0 Å². The average Bonchev–Trinajstić information content (AvgIpc) is 2.39. The maximum absolute atomic E-state index is 11.0. The Morgan fingerprint density at radius 3 is 2.55 bits per heavy atom. The first-order valence-corrected chi connectivity index (χ1v) is 7.10. The second-order valence-corrected chi connectivity index (χ2v) is 6.08. The van der Waals surface area contributed by atoms with Crippen LogP contribution in [0.25, 0.3) is 0 Å². The van der Waals surface area contributed by atoms with Crippen molar-refractivity contribution in [2.45, 2.75) is 37.8 Å². The lowest BCUT2D eigenvalue weighted by Gasteiger charge is -2.35. The molecule has 0 spiro atoms. The fraction of sp³-hybridized carbons (Fsp3) is 0.562. The van der Waals surface area contributed by atoms with Crippen molar-refractivity contribution in [3.05, 3.63) is 35.4 Å². The van der Waals surface area contributed by atoms with Gasteiger partial charge in [-0.3, -0.25) is 4.79 Å². The van der Waals surface area contributed by atoms with Gasteiger partial charge < -0.3 is 15.1 Å². The number of carbonyl (C=O) groups is 1. The standard InChI is InChI=1S/C16H23NO3/c1-17(2)11-12-4-3-5-14(10-12)16(20)8-6-13(7-9-16)15(18)19/h3-5,10,13,20H,6-9,11H2,1-2H3,(H,18,19). The molecule has 1 aliphatic carbocycles. The first-order valence-electron chi connectivity index (χ1n) is 7.10. The fourth-order valence-corrected chi connectivity index (χ4v) is 2.96. The maximum atomic E-state index is 11.0. The number of hydrogen-bond donors (Lipinski definition) is 2. The Morgan fingerprint density at radius 1 is 1.35 bits per heavy atom. The van der Waals surface area contributed by atoms with E-state index < -0.39 is 11.6 Å². The van der Waals surface area contributed by atoms with Gasteiger partial charge in [0.05, 0.1) is 11.5 Å². The molecule has 1 saturated carbocycles. The number of aliphatic hydroxyl groups is 1. The second-order valence-electron chi connectivity index (χ2n) is 6.08. The molecule has 1 fully saturated rings. The molecule has 0 aromatic heterocycles. The van der Waals surface area contributed by atoms with Gasteiger partial charge in [0.15, 0.2) is 0 Å². The molecule has 1 aromatic rings.